The van der Waals surface area contributed by atoms with Crippen molar-refractivity contribution < 1.29 is 17.5 Å². The minimum absolute atomic E-state index is 0.101. The molecule has 1 aliphatic heterocycles. The summed E-state index contributed by atoms with van der Waals surface area (Å²) in [7, 11) is -3.11. The van der Waals surface area contributed by atoms with E-state index in [4.69, 9.17) is 16.3 Å². The third-order valence-electron chi connectivity index (χ3n) is 3.06. The van der Waals surface area contributed by atoms with Crippen molar-refractivity contribution in [2.45, 2.75) is 19.6 Å². The van der Waals surface area contributed by atoms with E-state index < -0.39 is 15.8 Å². The van der Waals surface area contributed by atoms with Crippen molar-refractivity contribution in [2.24, 2.45) is 0 Å². The Morgan fingerprint density at radius 3 is 2.74 bits per heavy atom. The molecule has 0 saturated carbocycles. The molecule has 0 aliphatic carbocycles. The van der Waals surface area contributed by atoms with Gasteiger partial charge in [-0.25, -0.2) is 12.8 Å². The van der Waals surface area contributed by atoms with E-state index in [2.05, 4.69) is 0 Å². The van der Waals surface area contributed by atoms with Gasteiger partial charge in [0, 0.05) is 18.1 Å². The molecule has 0 aromatic heterocycles. The molecule has 2 rings (SSSR count). The Balaban J connectivity index is 1.83. The summed E-state index contributed by atoms with van der Waals surface area (Å²) in [6, 6.07) is 4.12. The lowest BCUT2D eigenvalue weighted by Crippen LogP contribution is -2.54. The molecule has 1 heterocycles. The third kappa shape index (κ3) is 3.45. The van der Waals surface area contributed by atoms with Crippen molar-refractivity contribution in [3.8, 4) is 0 Å². The lowest BCUT2D eigenvalue weighted by molar-refractivity contribution is -0.0295. The zero-order valence-electron chi connectivity index (χ0n) is 10.5. The third-order valence-corrected chi connectivity index (χ3v) is 5.23. The monoisotopic (exact) mass is 307 g/mol. The summed E-state index contributed by atoms with van der Waals surface area (Å²) in [5.74, 6) is -0.290. The molecule has 1 aromatic rings. The van der Waals surface area contributed by atoms with Crippen LogP contribution < -0.4 is 0 Å². The van der Waals surface area contributed by atoms with Gasteiger partial charge in [0.2, 0.25) is 10.0 Å². The summed E-state index contributed by atoms with van der Waals surface area (Å²) >= 11 is 5.87. The van der Waals surface area contributed by atoms with E-state index in [9.17, 15) is 12.8 Å². The number of ether oxygens (including phenoxy) is 1. The normalized spacial score (nSPS) is 17.4. The number of hydrogen-bond acceptors (Lipinski definition) is 3. The molecule has 1 aliphatic rings. The van der Waals surface area contributed by atoms with Gasteiger partial charge in [0.1, 0.15) is 5.82 Å². The van der Waals surface area contributed by atoms with E-state index in [1.165, 1.54) is 16.4 Å². The zero-order chi connectivity index (χ0) is 14.0. The van der Waals surface area contributed by atoms with Crippen molar-refractivity contribution in [1.29, 1.82) is 0 Å². The van der Waals surface area contributed by atoms with E-state index >= 15 is 0 Å². The summed E-state index contributed by atoms with van der Waals surface area (Å²) in [4.78, 5) is 0. The Morgan fingerprint density at radius 2 is 2.16 bits per heavy atom. The van der Waals surface area contributed by atoms with Crippen LogP contribution in [0.4, 0.5) is 4.39 Å². The van der Waals surface area contributed by atoms with Gasteiger partial charge in [-0.1, -0.05) is 17.7 Å². The highest BCUT2D eigenvalue weighted by molar-refractivity contribution is 7.89. The molecule has 0 bridgehead atoms. The fourth-order valence-corrected chi connectivity index (χ4v) is 3.14. The van der Waals surface area contributed by atoms with Crippen LogP contribution in [0.3, 0.4) is 0 Å². The van der Waals surface area contributed by atoms with Crippen LogP contribution >= 0.6 is 11.6 Å². The first-order chi connectivity index (χ1) is 8.92. The first-order valence-corrected chi connectivity index (χ1v) is 7.94. The van der Waals surface area contributed by atoms with Crippen molar-refractivity contribution in [3.05, 3.63) is 34.6 Å². The molecule has 19 heavy (non-hydrogen) atoms. The molecule has 1 aromatic carbocycles. The molecular weight excluding hydrogens is 293 g/mol. The fourth-order valence-electron chi connectivity index (χ4n) is 1.76. The number of sulfonamides is 1. The molecule has 0 spiro atoms. The molecule has 1 fully saturated rings. The van der Waals surface area contributed by atoms with E-state index in [-0.39, 0.29) is 18.5 Å². The summed E-state index contributed by atoms with van der Waals surface area (Å²) < 4.78 is 42.8. The molecule has 0 atom stereocenters. The van der Waals surface area contributed by atoms with Gasteiger partial charge in [-0.15, -0.1) is 0 Å². The van der Waals surface area contributed by atoms with Gasteiger partial charge in [0.05, 0.1) is 18.5 Å². The maximum absolute atomic E-state index is 12.8. The van der Waals surface area contributed by atoms with Gasteiger partial charge < -0.3 is 4.74 Å². The maximum atomic E-state index is 12.8. The first kappa shape index (κ1) is 14.7. The average molecular weight is 308 g/mol. The Kier molecular flexibility index (Phi) is 4.45. The topological polar surface area (TPSA) is 46.6 Å². The molecule has 106 valence electrons. The second-order valence-electron chi connectivity index (χ2n) is 4.39. The Labute approximate surface area is 117 Å². The highest BCUT2D eigenvalue weighted by Crippen LogP contribution is 2.22. The quantitative estimate of drug-likeness (QED) is 0.836. The first-order valence-electron chi connectivity index (χ1n) is 5.95. The molecule has 0 unspecified atom stereocenters. The number of benzene rings is 1. The van der Waals surface area contributed by atoms with Crippen molar-refractivity contribution in [1.82, 2.24) is 4.31 Å². The van der Waals surface area contributed by atoms with E-state index in [0.717, 1.165) is 0 Å². The van der Waals surface area contributed by atoms with Gasteiger partial charge in [-0.05, 0) is 24.6 Å². The number of rotatable bonds is 5. The van der Waals surface area contributed by atoms with Crippen molar-refractivity contribution in [2.75, 3.05) is 18.8 Å². The largest absolute Gasteiger partial charge is 0.371 e. The van der Waals surface area contributed by atoms with Crippen LogP contribution in [-0.2, 0) is 21.4 Å². The Hall–Kier alpha value is -0.690. The van der Waals surface area contributed by atoms with Gasteiger partial charge >= 0.3 is 0 Å². The van der Waals surface area contributed by atoms with Crippen LogP contribution in [0.15, 0.2) is 18.2 Å². The lowest BCUT2D eigenvalue weighted by atomic mass is 10.2. The SMILES string of the molecule is CCS(=O)(=O)N1CC(OCc2ccc(F)cc2Cl)C1. The Bertz CT molecular complexity index is 558. The average Bonchev–Trinajstić information content (AvgIpc) is 2.29. The van der Waals surface area contributed by atoms with Gasteiger partial charge in [-0.2, -0.15) is 4.31 Å². The molecule has 1 saturated heterocycles. The van der Waals surface area contributed by atoms with Crippen LogP contribution in [0.5, 0.6) is 0 Å². The molecule has 0 amide bonds. The minimum atomic E-state index is -3.11. The summed E-state index contributed by atoms with van der Waals surface area (Å²) in [5.41, 5.74) is 0.694. The summed E-state index contributed by atoms with van der Waals surface area (Å²) in [6.45, 7) is 2.61. The van der Waals surface area contributed by atoms with E-state index in [1.807, 2.05) is 0 Å². The fraction of sp³-hybridized carbons (Fsp3) is 0.500. The molecular formula is C12H15ClFNO3S. The highest BCUT2D eigenvalue weighted by atomic mass is 35.5. The van der Waals surface area contributed by atoms with Gasteiger partial charge in [0.25, 0.3) is 0 Å². The zero-order valence-corrected chi connectivity index (χ0v) is 12.0. The van der Waals surface area contributed by atoms with Crippen LogP contribution in [0, 0.1) is 5.82 Å². The smallest absolute Gasteiger partial charge is 0.214 e. The number of halogens is 2. The summed E-state index contributed by atoms with van der Waals surface area (Å²) in [6.07, 6.45) is -0.123. The molecule has 7 heteroatoms. The van der Waals surface area contributed by atoms with Gasteiger partial charge in [0.15, 0.2) is 0 Å². The predicted octanol–water partition coefficient (Wildman–Crippen LogP) is 2.03. The minimum Gasteiger partial charge on any atom is -0.371 e. The molecule has 4 nitrogen and oxygen atoms in total. The predicted molar refractivity (Wildman–Crippen MR) is 71.0 cm³/mol. The van der Waals surface area contributed by atoms with Crippen molar-refractivity contribution >= 4 is 21.6 Å². The van der Waals surface area contributed by atoms with E-state index in [0.29, 0.717) is 23.7 Å². The standard InChI is InChI=1S/C12H15ClFNO3S/c1-2-19(16,17)15-6-11(7-15)18-8-9-3-4-10(14)5-12(9)13/h3-5,11H,2,6-8H2,1H3. The molecule has 0 radical (unpaired) electrons. The van der Waals surface area contributed by atoms with Gasteiger partial charge in [-0.3, -0.25) is 0 Å². The van der Waals surface area contributed by atoms with Crippen LogP contribution in [-0.4, -0.2) is 37.7 Å². The van der Waals surface area contributed by atoms with Crippen molar-refractivity contribution in [3.63, 3.8) is 0 Å². The van der Waals surface area contributed by atoms with Crippen LogP contribution in [0.25, 0.3) is 0 Å². The molecule has 0 N–H and O–H groups in total. The second kappa shape index (κ2) is 5.75. The second-order valence-corrected chi connectivity index (χ2v) is 7.05. The highest BCUT2D eigenvalue weighted by Gasteiger charge is 2.35. The number of nitrogens with zero attached hydrogens (tertiary/aromatic N) is 1. The summed E-state index contributed by atoms with van der Waals surface area (Å²) in [5, 5.41) is 0.317. The lowest BCUT2D eigenvalue weighted by Gasteiger charge is -2.37. The Morgan fingerprint density at radius 1 is 1.47 bits per heavy atom. The van der Waals surface area contributed by atoms with E-state index in [1.54, 1.807) is 13.0 Å². The van der Waals surface area contributed by atoms with Crippen LogP contribution in [0.1, 0.15) is 12.5 Å². The maximum Gasteiger partial charge on any atom is 0.214 e. The number of hydrogen-bond donors (Lipinski definition) is 0. The van der Waals surface area contributed by atoms with Crippen LogP contribution in [0.2, 0.25) is 5.02 Å².